The van der Waals surface area contributed by atoms with E-state index in [4.69, 9.17) is 0 Å². The van der Waals surface area contributed by atoms with Crippen LogP contribution in [0.25, 0.3) is 22.4 Å². The molecule has 4 aromatic rings. The highest BCUT2D eigenvalue weighted by molar-refractivity contribution is 5.74. The third-order valence-corrected chi connectivity index (χ3v) is 4.42. The van der Waals surface area contributed by atoms with Gasteiger partial charge in [0.05, 0.1) is 23.8 Å². The van der Waals surface area contributed by atoms with Crippen LogP contribution in [0.2, 0.25) is 0 Å². The normalized spacial score (nSPS) is 12.0. The number of fused-ring (bicyclic) bond motifs is 1. The third-order valence-electron chi connectivity index (χ3n) is 4.42. The van der Waals surface area contributed by atoms with E-state index in [9.17, 15) is 13.2 Å². The number of alkyl halides is 3. The summed E-state index contributed by atoms with van der Waals surface area (Å²) in [5.41, 5.74) is 1.48. The van der Waals surface area contributed by atoms with Crippen molar-refractivity contribution in [1.29, 1.82) is 0 Å². The molecule has 0 fully saturated rings. The molecule has 0 radical (unpaired) electrons. The van der Waals surface area contributed by atoms with E-state index in [1.807, 2.05) is 13.0 Å². The van der Waals surface area contributed by atoms with Gasteiger partial charge in [0, 0.05) is 30.7 Å². The average molecular weight is 371 g/mol. The molecule has 3 heterocycles. The Bertz CT molecular complexity index is 1090. The van der Waals surface area contributed by atoms with Crippen LogP contribution in [0.1, 0.15) is 18.3 Å². The second kappa shape index (κ2) is 6.53. The topological polar surface area (TPSA) is 48.5 Å². The number of pyridine rings is 1. The number of aromatic nitrogens is 5. The van der Waals surface area contributed by atoms with E-state index in [2.05, 4.69) is 19.5 Å². The lowest BCUT2D eigenvalue weighted by Gasteiger charge is -2.11. The van der Waals surface area contributed by atoms with Gasteiger partial charge in [-0.05, 0) is 25.1 Å². The molecule has 0 bridgehead atoms. The predicted octanol–water partition coefficient (Wildman–Crippen LogP) is 4.38. The van der Waals surface area contributed by atoms with Crippen molar-refractivity contribution in [3.8, 4) is 11.4 Å². The Hall–Kier alpha value is -3.16. The monoisotopic (exact) mass is 371 g/mol. The number of rotatable bonds is 4. The van der Waals surface area contributed by atoms with E-state index < -0.39 is 11.7 Å². The molecule has 0 amide bonds. The maximum atomic E-state index is 13.0. The molecule has 27 heavy (non-hydrogen) atoms. The maximum Gasteiger partial charge on any atom is 0.416 e. The number of aryl methyl sites for hydroxylation is 1. The third kappa shape index (κ3) is 3.18. The fraction of sp³-hybridized carbons (Fsp3) is 0.211. The largest absolute Gasteiger partial charge is 0.416 e. The van der Waals surface area contributed by atoms with Crippen molar-refractivity contribution in [2.45, 2.75) is 26.2 Å². The number of nitrogens with zero attached hydrogens (tertiary/aromatic N) is 5. The highest BCUT2D eigenvalue weighted by Gasteiger charge is 2.30. The summed E-state index contributed by atoms with van der Waals surface area (Å²) in [6.07, 6.45) is 2.34. The van der Waals surface area contributed by atoms with Gasteiger partial charge >= 0.3 is 6.18 Å². The van der Waals surface area contributed by atoms with Gasteiger partial charge in [0.15, 0.2) is 0 Å². The first-order valence-electron chi connectivity index (χ1n) is 8.45. The first-order chi connectivity index (χ1) is 13.0. The van der Waals surface area contributed by atoms with Gasteiger partial charge in [-0.3, -0.25) is 4.98 Å². The highest BCUT2D eigenvalue weighted by Crippen LogP contribution is 2.32. The lowest BCUT2D eigenvalue weighted by molar-refractivity contribution is -0.137. The predicted molar refractivity (Wildman–Crippen MR) is 95.0 cm³/mol. The van der Waals surface area contributed by atoms with Gasteiger partial charge in [-0.25, -0.2) is 9.97 Å². The zero-order chi connectivity index (χ0) is 19.0. The number of hydrogen-bond donors (Lipinski definition) is 0. The van der Waals surface area contributed by atoms with Crippen molar-refractivity contribution in [3.05, 3.63) is 66.5 Å². The van der Waals surface area contributed by atoms with Crippen LogP contribution in [0.15, 0.2) is 55.1 Å². The van der Waals surface area contributed by atoms with Crippen LogP contribution in [-0.2, 0) is 19.3 Å². The summed E-state index contributed by atoms with van der Waals surface area (Å²) in [5.74, 6) is 1.26. The summed E-state index contributed by atoms with van der Waals surface area (Å²) in [6, 6.07) is 7.09. The first-order valence-corrected chi connectivity index (χ1v) is 8.45. The minimum atomic E-state index is -4.39. The van der Waals surface area contributed by atoms with Crippen molar-refractivity contribution in [2.24, 2.45) is 0 Å². The van der Waals surface area contributed by atoms with Crippen molar-refractivity contribution in [2.75, 3.05) is 0 Å². The Labute approximate surface area is 153 Å². The minimum absolute atomic E-state index is 0.397. The van der Waals surface area contributed by atoms with Gasteiger partial charge in [-0.2, -0.15) is 13.2 Å². The molecule has 0 aliphatic carbocycles. The number of benzene rings is 1. The van der Waals surface area contributed by atoms with Crippen molar-refractivity contribution in [1.82, 2.24) is 24.1 Å². The molecule has 1 aromatic carbocycles. The van der Waals surface area contributed by atoms with Crippen molar-refractivity contribution in [3.63, 3.8) is 0 Å². The maximum absolute atomic E-state index is 13.0. The lowest BCUT2D eigenvalue weighted by atomic mass is 10.1. The molecule has 0 unspecified atom stereocenters. The van der Waals surface area contributed by atoms with E-state index >= 15 is 0 Å². The van der Waals surface area contributed by atoms with Crippen LogP contribution >= 0.6 is 0 Å². The van der Waals surface area contributed by atoms with Crippen LogP contribution in [0.3, 0.4) is 0 Å². The fourth-order valence-electron chi connectivity index (χ4n) is 3.19. The van der Waals surface area contributed by atoms with E-state index in [0.29, 0.717) is 17.9 Å². The molecule has 138 valence electrons. The molecular weight excluding hydrogens is 355 g/mol. The Morgan fingerprint density at radius 3 is 2.74 bits per heavy atom. The zero-order valence-electron chi connectivity index (χ0n) is 14.5. The molecule has 4 rings (SSSR count). The summed E-state index contributed by atoms with van der Waals surface area (Å²) < 4.78 is 42.9. The first kappa shape index (κ1) is 17.3. The van der Waals surface area contributed by atoms with Gasteiger partial charge in [-0.1, -0.05) is 12.1 Å². The number of hydrogen-bond acceptors (Lipinski definition) is 3. The standard InChI is InChI=1S/C19H16F3N5/c1-2-27-16-6-7-23-11-15(16)25-17(27)12-26-9-8-24-18(26)13-4-3-5-14(10-13)19(20,21)22/h3-11H,2,12H2,1H3. The Balaban J connectivity index is 1.74. The molecule has 3 aromatic heterocycles. The molecular formula is C19H16F3N5. The van der Waals surface area contributed by atoms with Crippen LogP contribution < -0.4 is 0 Å². The Kier molecular flexibility index (Phi) is 4.18. The van der Waals surface area contributed by atoms with Gasteiger partial charge in [0.2, 0.25) is 0 Å². The van der Waals surface area contributed by atoms with Gasteiger partial charge < -0.3 is 9.13 Å². The Morgan fingerprint density at radius 1 is 1.11 bits per heavy atom. The highest BCUT2D eigenvalue weighted by atomic mass is 19.4. The summed E-state index contributed by atoms with van der Waals surface area (Å²) in [7, 11) is 0. The van der Waals surface area contributed by atoms with Crippen molar-refractivity contribution < 1.29 is 13.2 Å². The SMILES string of the molecule is CCn1c(Cn2ccnc2-c2cccc(C(F)(F)F)c2)nc2cnccc21. The quantitative estimate of drug-likeness (QED) is 0.535. The van der Waals surface area contributed by atoms with Crippen LogP contribution in [-0.4, -0.2) is 24.1 Å². The second-order valence-corrected chi connectivity index (χ2v) is 6.09. The smallest absolute Gasteiger partial charge is 0.327 e. The molecule has 8 heteroatoms. The summed E-state index contributed by atoms with van der Waals surface area (Å²) in [5, 5.41) is 0. The van der Waals surface area contributed by atoms with Gasteiger partial charge in [-0.15, -0.1) is 0 Å². The molecule has 0 atom stereocenters. The molecule has 0 N–H and O–H groups in total. The fourth-order valence-corrected chi connectivity index (χ4v) is 3.19. The Morgan fingerprint density at radius 2 is 1.96 bits per heavy atom. The molecule has 0 spiro atoms. The van der Waals surface area contributed by atoms with E-state index in [1.54, 1.807) is 35.4 Å². The summed E-state index contributed by atoms with van der Waals surface area (Å²) >= 11 is 0. The van der Waals surface area contributed by atoms with E-state index in [-0.39, 0.29) is 0 Å². The minimum Gasteiger partial charge on any atom is -0.327 e. The number of imidazole rings is 2. The second-order valence-electron chi connectivity index (χ2n) is 6.09. The van der Waals surface area contributed by atoms with Crippen LogP contribution in [0.5, 0.6) is 0 Å². The van der Waals surface area contributed by atoms with Crippen LogP contribution in [0.4, 0.5) is 13.2 Å². The number of halogens is 3. The summed E-state index contributed by atoms with van der Waals surface area (Å²) in [4.78, 5) is 13.0. The van der Waals surface area contributed by atoms with Crippen LogP contribution in [0, 0.1) is 0 Å². The van der Waals surface area contributed by atoms with Crippen molar-refractivity contribution >= 4 is 11.0 Å². The molecule has 0 aliphatic rings. The van der Waals surface area contributed by atoms with E-state index in [1.165, 1.54) is 6.07 Å². The zero-order valence-corrected chi connectivity index (χ0v) is 14.5. The molecule has 0 saturated heterocycles. The average Bonchev–Trinajstić information content (AvgIpc) is 3.25. The van der Waals surface area contributed by atoms with Gasteiger partial charge in [0.1, 0.15) is 17.2 Å². The molecule has 5 nitrogen and oxygen atoms in total. The van der Waals surface area contributed by atoms with E-state index in [0.717, 1.165) is 35.5 Å². The summed E-state index contributed by atoms with van der Waals surface area (Å²) in [6.45, 7) is 3.14. The lowest BCUT2D eigenvalue weighted by Crippen LogP contribution is -2.09. The molecule has 0 saturated carbocycles. The van der Waals surface area contributed by atoms with Gasteiger partial charge in [0.25, 0.3) is 0 Å². The molecule has 0 aliphatic heterocycles.